The molecule has 0 radical (unpaired) electrons. The predicted octanol–water partition coefficient (Wildman–Crippen LogP) is -0.183. The fraction of sp³-hybridized carbons (Fsp3) is 0.889. The summed E-state index contributed by atoms with van der Waals surface area (Å²) in [5.74, 6) is 0. The van der Waals surface area contributed by atoms with Crippen LogP contribution in [-0.4, -0.2) is 56.5 Å². The third kappa shape index (κ3) is 2.59. The van der Waals surface area contributed by atoms with Gasteiger partial charge in [0.1, 0.15) is 6.61 Å². The first kappa shape index (κ1) is 9.73. The van der Waals surface area contributed by atoms with Crippen LogP contribution >= 0.6 is 0 Å². The van der Waals surface area contributed by atoms with Gasteiger partial charge in [-0.1, -0.05) is 0 Å². The number of carbonyl (C=O) groups excluding carboxylic acids is 1. The summed E-state index contributed by atoms with van der Waals surface area (Å²) in [6.45, 7) is 5.19. The van der Waals surface area contributed by atoms with Gasteiger partial charge < -0.3 is 14.8 Å². The van der Waals surface area contributed by atoms with Gasteiger partial charge in [0, 0.05) is 19.6 Å². The van der Waals surface area contributed by atoms with Gasteiger partial charge in [0.25, 0.3) is 0 Å². The van der Waals surface area contributed by atoms with Gasteiger partial charge in [-0.25, -0.2) is 4.79 Å². The summed E-state index contributed by atoms with van der Waals surface area (Å²) >= 11 is 0. The van der Waals surface area contributed by atoms with Crippen molar-refractivity contribution in [3.63, 3.8) is 0 Å². The van der Waals surface area contributed by atoms with E-state index >= 15 is 0 Å². The normalized spacial score (nSPS) is 28.6. The molecule has 14 heavy (non-hydrogen) atoms. The molecule has 0 bridgehead atoms. The molecule has 0 spiro atoms. The number of alkyl carbamates (subject to hydrolysis) is 1. The molecule has 80 valence electrons. The molecule has 2 heterocycles. The molecule has 1 atom stereocenters. The second-order valence-corrected chi connectivity index (χ2v) is 3.68. The van der Waals surface area contributed by atoms with E-state index in [-0.39, 0.29) is 12.1 Å². The van der Waals surface area contributed by atoms with Crippen LogP contribution in [0, 0.1) is 0 Å². The smallest absolute Gasteiger partial charge is 0.407 e. The summed E-state index contributed by atoms with van der Waals surface area (Å²) in [4.78, 5) is 13.1. The average Bonchev–Trinajstić information content (AvgIpc) is 2.63. The van der Waals surface area contributed by atoms with Crippen LogP contribution in [0.25, 0.3) is 0 Å². The maximum Gasteiger partial charge on any atom is 0.407 e. The van der Waals surface area contributed by atoms with E-state index in [4.69, 9.17) is 9.47 Å². The van der Waals surface area contributed by atoms with Crippen molar-refractivity contribution in [1.82, 2.24) is 10.2 Å². The fourth-order valence-corrected chi connectivity index (χ4v) is 1.74. The lowest BCUT2D eigenvalue weighted by atomic mass is 10.2. The van der Waals surface area contributed by atoms with Crippen LogP contribution in [0.2, 0.25) is 0 Å². The van der Waals surface area contributed by atoms with Crippen LogP contribution in [-0.2, 0) is 9.47 Å². The van der Waals surface area contributed by atoms with E-state index in [1.807, 2.05) is 0 Å². The maximum atomic E-state index is 10.7. The number of nitrogens with zero attached hydrogens (tertiary/aromatic N) is 1. The van der Waals surface area contributed by atoms with Gasteiger partial charge in [0.15, 0.2) is 0 Å². The monoisotopic (exact) mass is 200 g/mol. The summed E-state index contributed by atoms with van der Waals surface area (Å²) in [7, 11) is 0. The third-order valence-electron chi connectivity index (χ3n) is 2.64. The lowest BCUT2D eigenvalue weighted by Crippen LogP contribution is -2.39. The summed E-state index contributed by atoms with van der Waals surface area (Å²) < 4.78 is 10.1. The van der Waals surface area contributed by atoms with E-state index in [9.17, 15) is 4.79 Å². The van der Waals surface area contributed by atoms with Gasteiger partial charge in [-0.2, -0.15) is 0 Å². The Morgan fingerprint density at radius 2 is 2.21 bits per heavy atom. The molecule has 2 saturated heterocycles. The minimum atomic E-state index is -0.281. The summed E-state index contributed by atoms with van der Waals surface area (Å²) in [5, 5.41) is 2.77. The van der Waals surface area contributed by atoms with Gasteiger partial charge in [-0.05, 0) is 6.42 Å². The van der Waals surface area contributed by atoms with E-state index in [2.05, 4.69) is 10.2 Å². The molecule has 2 fully saturated rings. The molecule has 2 rings (SSSR count). The molecule has 5 nitrogen and oxygen atoms in total. The largest absolute Gasteiger partial charge is 0.447 e. The van der Waals surface area contributed by atoms with E-state index in [1.54, 1.807) is 0 Å². The van der Waals surface area contributed by atoms with E-state index in [0.29, 0.717) is 6.61 Å². The highest BCUT2D eigenvalue weighted by Gasteiger charge is 2.22. The van der Waals surface area contributed by atoms with Gasteiger partial charge >= 0.3 is 6.09 Å². The first-order valence-corrected chi connectivity index (χ1v) is 5.08. The Kier molecular flexibility index (Phi) is 3.21. The molecule has 0 saturated carbocycles. The summed E-state index contributed by atoms with van der Waals surface area (Å²) in [6, 6.07) is 0.199. The number of hydrogen-bond acceptors (Lipinski definition) is 4. The molecular weight excluding hydrogens is 184 g/mol. The number of hydrogen-bond donors (Lipinski definition) is 1. The molecule has 1 amide bonds. The van der Waals surface area contributed by atoms with Crippen molar-refractivity contribution in [3.8, 4) is 0 Å². The molecule has 0 aliphatic carbocycles. The molecule has 0 aromatic rings. The Labute approximate surface area is 83.3 Å². The van der Waals surface area contributed by atoms with Gasteiger partial charge in [0.05, 0.1) is 19.3 Å². The Hall–Kier alpha value is -0.810. The molecule has 0 aromatic heterocycles. The van der Waals surface area contributed by atoms with E-state index in [0.717, 1.165) is 39.3 Å². The van der Waals surface area contributed by atoms with Crippen molar-refractivity contribution < 1.29 is 14.3 Å². The first-order valence-electron chi connectivity index (χ1n) is 5.08. The summed E-state index contributed by atoms with van der Waals surface area (Å²) in [6.07, 6.45) is 0.683. The highest BCUT2D eigenvalue weighted by molar-refractivity contribution is 5.69. The number of amides is 1. The van der Waals surface area contributed by atoms with Crippen LogP contribution < -0.4 is 5.32 Å². The van der Waals surface area contributed by atoms with Crippen LogP contribution in [0.15, 0.2) is 0 Å². The molecule has 1 unspecified atom stereocenters. The number of nitrogens with one attached hydrogen (secondary N) is 1. The fourth-order valence-electron chi connectivity index (χ4n) is 1.74. The van der Waals surface area contributed by atoms with Gasteiger partial charge in [-0.15, -0.1) is 0 Å². The van der Waals surface area contributed by atoms with E-state index < -0.39 is 0 Å². The average molecular weight is 200 g/mol. The molecule has 0 aromatic carbocycles. The lowest BCUT2D eigenvalue weighted by Gasteiger charge is -2.27. The lowest BCUT2D eigenvalue weighted by molar-refractivity contribution is 0.0362. The number of carbonyl (C=O) groups is 1. The van der Waals surface area contributed by atoms with Crippen molar-refractivity contribution in [3.05, 3.63) is 0 Å². The Bertz CT molecular complexity index is 204. The van der Waals surface area contributed by atoms with Gasteiger partial charge in [-0.3, -0.25) is 4.90 Å². The van der Waals surface area contributed by atoms with Crippen LogP contribution in [0.4, 0.5) is 4.79 Å². The number of cyclic esters (lactones) is 1. The van der Waals surface area contributed by atoms with Crippen molar-refractivity contribution in [2.75, 3.05) is 39.5 Å². The number of ether oxygens (including phenoxy) is 2. The molecular formula is C9H16N2O3. The van der Waals surface area contributed by atoms with E-state index in [1.165, 1.54) is 0 Å². The standard InChI is InChI=1S/C9H16N2O3/c12-9-10-8(7-14-9)1-2-11-3-5-13-6-4-11/h8H,1-7H2,(H,10,12). The Morgan fingerprint density at radius 3 is 2.86 bits per heavy atom. The highest BCUT2D eigenvalue weighted by atomic mass is 16.6. The van der Waals surface area contributed by atoms with Crippen molar-refractivity contribution >= 4 is 6.09 Å². The number of morpholine rings is 1. The first-order chi connectivity index (χ1) is 6.84. The zero-order valence-electron chi connectivity index (χ0n) is 8.20. The molecule has 2 aliphatic heterocycles. The Morgan fingerprint density at radius 1 is 1.43 bits per heavy atom. The van der Waals surface area contributed by atoms with Crippen LogP contribution in [0.3, 0.4) is 0 Å². The molecule has 1 N–H and O–H groups in total. The summed E-state index contributed by atoms with van der Waals surface area (Å²) in [5.41, 5.74) is 0. The quantitative estimate of drug-likeness (QED) is 0.686. The number of rotatable bonds is 3. The maximum absolute atomic E-state index is 10.7. The van der Waals surface area contributed by atoms with Gasteiger partial charge in [0.2, 0.25) is 0 Å². The zero-order valence-corrected chi connectivity index (χ0v) is 8.20. The minimum absolute atomic E-state index is 0.199. The predicted molar refractivity (Wildman–Crippen MR) is 50.1 cm³/mol. The van der Waals surface area contributed by atoms with Crippen molar-refractivity contribution in [2.45, 2.75) is 12.5 Å². The van der Waals surface area contributed by atoms with Crippen molar-refractivity contribution in [2.24, 2.45) is 0 Å². The highest BCUT2D eigenvalue weighted by Crippen LogP contribution is 2.05. The minimum Gasteiger partial charge on any atom is -0.447 e. The molecule has 5 heteroatoms. The third-order valence-corrected chi connectivity index (χ3v) is 2.64. The van der Waals surface area contributed by atoms with Crippen molar-refractivity contribution in [1.29, 1.82) is 0 Å². The van der Waals surface area contributed by atoms with Crippen LogP contribution in [0.1, 0.15) is 6.42 Å². The Balaban J connectivity index is 1.63. The second-order valence-electron chi connectivity index (χ2n) is 3.68. The topological polar surface area (TPSA) is 50.8 Å². The SMILES string of the molecule is O=C1NC(CCN2CCOCC2)CO1. The molecule has 2 aliphatic rings. The van der Waals surface area contributed by atoms with Crippen LogP contribution in [0.5, 0.6) is 0 Å². The second kappa shape index (κ2) is 4.61. The zero-order chi connectivity index (χ0) is 9.80.